The summed E-state index contributed by atoms with van der Waals surface area (Å²) in [6, 6.07) is 0.707. The molecule has 12 heteroatoms. The number of hydrogen-bond acceptors (Lipinski definition) is 8. The van der Waals surface area contributed by atoms with Crippen LogP contribution in [0.1, 0.15) is 26.7 Å². The molecule has 2 amide bonds. The van der Waals surface area contributed by atoms with Crippen LogP contribution >= 0.6 is 0 Å². The molecule has 1 aliphatic rings. The van der Waals surface area contributed by atoms with E-state index in [-0.39, 0.29) is 24.5 Å². The van der Waals surface area contributed by atoms with Crippen LogP contribution in [0.2, 0.25) is 25.7 Å². The van der Waals surface area contributed by atoms with Gasteiger partial charge in [0.05, 0.1) is 35.0 Å². The van der Waals surface area contributed by atoms with Crippen molar-refractivity contribution in [2.45, 2.75) is 65.1 Å². The van der Waals surface area contributed by atoms with Crippen LogP contribution in [0.25, 0.3) is 10.9 Å². The highest BCUT2D eigenvalue weighted by atomic mass is 28.3. The molecule has 3 rings (SSSR count). The van der Waals surface area contributed by atoms with Crippen molar-refractivity contribution in [3.8, 4) is 0 Å². The molecule has 0 aliphatic carbocycles. The topological polar surface area (TPSA) is 151 Å². The largest absolute Gasteiger partial charge is 0.390 e. The third-order valence-corrected chi connectivity index (χ3v) is 8.16. The maximum atomic E-state index is 13.4. The van der Waals surface area contributed by atoms with Crippen LogP contribution in [-0.2, 0) is 21.1 Å². The van der Waals surface area contributed by atoms with Gasteiger partial charge in [0.25, 0.3) is 0 Å². The van der Waals surface area contributed by atoms with Crippen LogP contribution in [-0.4, -0.2) is 71.5 Å². The molecule has 3 heterocycles. The second-order valence-corrected chi connectivity index (χ2v) is 16.6. The Labute approximate surface area is 219 Å². The van der Waals surface area contributed by atoms with Crippen molar-refractivity contribution < 1.29 is 14.3 Å². The van der Waals surface area contributed by atoms with Gasteiger partial charge in [-0.05, 0) is 37.8 Å². The maximum absolute atomic E-state index is 13.4. The van der Waals surface area contributed by atoms with Crippen molar-refractivity contribution in [2.24, 2.45) is 5.92 Å². The number of likely N-dealkylation sites (N-methyl/N-ethyl adjacent to an activating group) is 1. The van der Waals surface area contributed by atoms with Crippen LogP contribution in [0, 0.1) is 11.3 Å². The van der Waals surface area contributed by atoms with E-state index in [2.05, 4.69) is 47.3 Å². The molecule has 2 aromatic rings. The molecule has 0 radical (unpaired) electrons. The second-order valence-electron chi connectivity index (χ2n) is 11.0. The molecule has 1 saturated heterocycles. The van der Waals surface area contributed by atoms with Crippen LogP contribution < -0.4 is 16.4 Å². The summed E-state index contributed by atoms with van der Waals surface area (Å²) < 4.78 is 7.48. The highest BCUT2D eigenvalue weighted by Gasteiger charge is 2.35. The fraction of sp³-hybridized carbons (Fsp3) is 0.560. The van der Waals surface area contributed by atoms with E-state index in [0.717, 1.165) is 18.2 Å². The Kier molecular flexibility index (Phi) is 9.08. The van der Waals surface area contributed by atoms with Gasteiger partial charge in [0.2, 0.25) is 0 Å². The van der Waals surface area contributed by atoms with E-state index in [1.807, 2.05) is 0 Å². The first-order chi connectivity index (χ1) is 17.4. The number of hydrogen-bond donors (Lipinski definition) is 4. The monoisotopic (exact) mass is 528 g/mol. The molecular weight excluding hydrogens is 488 g/mol. The van der Waals surface area contributed by atoms with E-state index in [9.17, 15) is 9.59 Å². The number of aromatic nitrogens is 3. The highest BCUT2D eigenvalue weighted by Crippen LogP contribution is 2.28. The van der Waals surface area contributed by atoms with Crippen LogP contribution in [0.4, 0.5) is 11.5 Å². The first kappa shape index (κ1) is 28.3. The van der Waals surface area contributed by atoms with Crippen molar-refractivity contribution in [2.75, 3.05) is 31.2 Å². The SMILES string of the molecule is CN/C(=C\C(C)=N)[C@H]1CC[C@H](C)CN1C(=O)C(=O)Nc1cnc(N)c2cnn(COCC[Si](C)(C)C)c12. The number of carbonyl (C=O) groups excluding carboxylic acids is 2. The Morgan fingerprint density at radius 2 is 2.03 bits per heavy atom. The minimum atomic E-state index is -1.24. The lowest BCUT2D eigenvalue weighted by Crippen LogP contribution is -2.52. The van der Waals surface area contributed by atoms with Gasteiger partial charge in [-0.1, -0.05) is 26.6 Å². The van der Waals surface area contributed by atoms with Gasteiger partial charge >= 0.3 is 11.8 Å². The quantitative estimate of drug-likeness (QED) is 0.169. The van der Waals surface area contributed by atoms with Crippen LogP contribution in [0.5, 0.6) is 0 Å². The van der Waals surface area contributed by atoms with Gasteiger partial charge in [-0.3, -0.25) is 9.59 Å². The average molecular weight is 529 g/mol. The number of fused-ring (bicyclic) bond motifs is 1. The molecule has 1 fully saturated rings. The summed E-state index contributed by atoms with van der Waals surface area (Å²) in [4.78, 5) is 32.4. The zero-order valence-electron chi connectivity index (χ0n) is 22.7. The molecule has 0 saturated carbocycles. The lowest BCUT2D eigenvalue weighted by atomic mass is 9.91. The molecule has 11 nitrogen and oxygen atoms in total. The predicted octanol–water partition coefficient (Wildman–Crippen LogP) is 3.03. The van der Waals surface area contributed by atoms with Crippen molar-refractivity contribution in [3.05, 3.63) is 24.2 Å². The van der Waals surface area contributed by atoms with Crippen molar-refractivity contribution in [3.63, 3.8) is 0 Å². The first-order valence-corrected chi connectivity index (χ1v) is 16.4. The lowest BCUT2D eigenvalue weighted by Gasteiger charge is -2.39. The zero-order valence-corrected chi connectivity index (χ0v) is 23.7. The number of nitrogens with two attached hydrogens (primary N) is 1. The molecule has 2 atom stereocenters. The summed E-state index contributed by atoms with van der Waals surface area (Å²) in [5, 5.41) is 18.7. The van der Waals surface area contributed by atoms with Crippen LogP contribution in [0.15, 0.2) is 24.2 Å². The average Bonchev–Trinajstić information content (AvgIpc) is 3.26. The normalized spacial score (nSPS) is 18.6. The fourth-order valence-corrected chi connectivity index (χ4v) is 5.17. The van der Waals surface area contributed by atoms with E-state index in [1.54, 1.807) is 35.8 Å². The zero-order chi connectivity index (χ0) is 27.3. The van der Waals surface area contributed by atoms with Crippen molar-refractivity contribution in [1.29, 1.82) is 5.41 Å². The molecule has 0 spiro atoms. The number of allylic oxidation sites excluding steroid dienone is 1. The molecule has 0 unspecified atom stereocenters. The third kappa shape index (κ3) is 7.16. The standard InChI is InChI=1S/C25H40N8O3Si/c1-16-7-8-21(19(28-3)11-17(2)26)32(14-16)25(35)24(34)31-20-13-29-23(27)18-12-30-33(22(18)20)15-36-9-10-37(4,5)6/h11-13,16,21,26,28H,7-10,14-15H2,1-6H3,(H2,27,29)(H,31,34)/b19-11-,26-17?/t16-,21+/m0/s1. The maximum Gasteiger partial charge on any atom is 0.314 e. The van der Waals surface area contributed by atoms with Crippen molar-refractivity contribution >= 4 is 48.0 Å². The summed E-state index contributed by atoms with van der Waals surface area (Å²) >= 11 is 0. The van der Waals surface area contributed by atoms with Gasteiger partial charge in [-0.2, -0.15) is 5.10 Å². The molecule has 0 aromatic carbocycles. The summed E-state index contributed by atoms with van der Waals surface area (Å²) in [7, 11) is 0.524. The van der Waals surface area contributed by atoms with Crippen molar-refractivity contribution in [1.82, 2.24) is 25.0 Å². The molecule has 37 heavy (non-hydrogen) atoms. The number of anilines is 2. The van der Waals surface area contributed by atoms with Gasteiger partial charge in [0.15, 0.2) is 0 Å². The summed E-state index contributed by atoms with van der Waals surface area (Å²) in [6.45, 7) is 11.9. The minimum Gasteiger partial charge on any atom is -0.390 e. The van der Waals surface area contributed by atoms with E-state index in [0.29, 0.717) is 41.9 Å². The molecule has 5 N–H and O–H groups in total. The van der Waals surface area contributed by atoms with Gasteiger partial charge < -0.3 is 31.4 Å². The minimum absolute atomic E-state index is 0.194. The van der Waals surface area contributed by atoms with E-state index >= 15 is 0 Å². The number of likely N-dealkylation sites (tertiary alicyclic amines) is 1. The number of nitrogens with zero attached hydrogens (tertiary/aromatic N) is 4. The van der Waals surface area contributed by atoms with Gasteiger partial charge in [0.1, 0.15) is 12.5 Å². The Hall–Kier alpha value is -3.25. The number of piperidine rings is 1. The predicted molar refractivity (Wildman–Crippen MR) is 149 cm³/mol. The smallest absolute Gasteiger partial charge is 0.314 e. The Morgan fingerprint density at radius 3 is 2.68 bits per heavy atom. The lowest BCUT2D eigenvalue weighted by molar-refractivity contribution is -0.145. The number of pyridine rings is 1. The Bertz CT molecular complexity index is 1190. The molecule has 202 valence electrons. The number of nitrogen functional groups attached to an aromatic ring is 1. The van der Waals surface area contributed by atoms with Gasteiger partial charge in [-0.25, -0.2) is 9.67 Å². The molecule has 1 aliphatic heterocycles. The van der Waals surface area contributed by atoms with E-state index in [4.69, 9.17) is 15.9 Å². The Balaban J connectivity index is 1.83. The van der Waals surface area contributed by atoms with Gasteiger partial charge in [0, 0.05) is 39.7 Å². The number of ether oxygens (including phenoxy) is 1. The highest BCUT2D eigenvalue weighted by molar-refractivity contribution is 6.76. The second kappa shape index (κ2) is 11.9. The first-order valence-electron chi connectivity index (χ1n) is 12.7. The summed E-state index contributed by atoms with van der Waals surface area (Å²) in [5.74, 6) is -0.862. The molecule has 0 bridgehead atoms. The number of amides is 2. The summed E-state index contributed by atoms with van der Waals surface area (Å²) in [6.07, 6.45) is 6.35. The van der Waals surface area contributed by atoms with E-state index in [1.165, 1.54) is 6.20 Å². The fourth-order valence-electron chi connectivity index (χ4n) is 4.42. The third-order valence-electron chi connectivity index (χ3n) is 6.45. The number of nitrogens with one attached hydrogen (secondary N) is 3. The van der Waals surface area contributed by atoms with Gasteiger partial charge in [-0.15, -0.1) is 0 Å². The molecular formula is C25H40N8O3Si. The number of carbonyl (C=O) groups is 2. The van der Waals surface area contributed by atoms with Crippen LogP contribution in [0.3, 0.4) is 0 Å². The Morgan fingerprint density at radius 1 is 1.30 bits per heavy atom. The van der Waals surface area contributed by atoms with E-state index < -0.39 is 19.9 Å². The number of rotatable bonds is 9. The molecule has 2 aromatic heterocycles. The summed E-state index contributed by atoms with van der Waals surface area (Å²) in [5.41, 5.74) is 8.07.